The molecule has 1 aromatic carbocycles. The summed E-state index contributed by atoms with van der Waals surface area (Å²) in [4.78, 5) is 0. The second kappa shape index (κ2) is 6.66. The summed E-state index contributed by atoms with van der Waals surface area (Å²) < 4.78 is 16.9. The van der Waals surface area contributed by atoms with Gasteiger partial charge in [-0.15, -0.1) is 0 Å². The van der Waals surface area contributed by atoms with Gasteiger partial charge in [-0.2, -0.15) is 0 Å². The van der Waals surface area contributed by atoms with Gasteiger partial charge in [-0.25, -0.2) is 0 Å². The molecule has 0 radical (unpaired) electrons. The van der Waals surface area contributed by atoms with Gasteiger partial charge in [0.05, 0.1) is 6.10 Å². The fourth-order valence-corrected chi connectivity index (χ4v) is 2.16. The third kappa shape index (κ3) is 3.53. The van der Waals surface area contributed by atoms with Gasteiger partial charge in [0.15, 0.2) is 11.5 Å². The number of fused-ring (bicyclic) bond motifs is 1. The van der Waals surface area contributed by atoms with E-state index in [1.54, 1.807) is 0 Å². The maximum atomic E-state index is 6.03. The van der Waals surface area contributed by atoms with Crippen LogP contribution in [0.5, 0.6) is 17.2 Å². The van der Waals surface area contributed by atoms with E-state index >= 15 is 0 Å². The molecular formula is C15H23NO3. The van der Waals surface area contributed by atoms with E-state index in [-0.39, 0.29) is 6.10 Å². The molecule has 0 saturated heterocycles. The zero-order chi connectivity index (χ0) is 13.7. The normalized spacial score (nSPS) is 14.5. The third-order valence-corrected chi connectivity index (χ3v) is 3.14. The quantitative estimate of drug-likeness (QED) is 0.822. The van der Waals surface area contributed by atoms with Crippen molar-refractivity contribution in [3.05, 3.63) is 17.7 Å². The van der Waals surface area contributed by atoms with Gasteiger partial charge >= 0.3 is 0 Å². The second-order valence-corrected chi connectivity index (χ2v) is 4.81. The number of benzene rings is 1. The highest BCUT2D eigenvalue weighted by Crippen LogP contribution is 2.38. The Balaban J connectivity index is 2.18. The minimum atomic E-state index is 0.214. The van der Waals surface area contributed by atoms with Crippen molar-refractivity contribution in [2.45, 2.75) is 46.3 Å². The molecule has 1 aromatic rings. The molecule has 0 fully saturated rings. The lowest BCUT2D eigenvalue weighted by Gasteiger charge is -2.17. The van der Waals surface area contributed by atoms with Crippen molar-refractivity contribution in [3.63, 3.8) is 0 Å². The number of hydrogen-bond donors (Lipinski definition) is 1. The Labute approximate surface area is 115 Å². The maximum Gasteiger partial charge on any atom is 0.231 e. The van der Waals surface area contributed by atoms with Gasteiger partial charge < -0.3 is 19.5 Å². The summed E-state index contributed by atoms with van der Waals surface area (Å²) in [6.45, 7) is 8.36. The van der Waals surface area contributed by atoms with Crippen molar-refractivity contribution in [2.75, 3.05) is 13.3 Å². The molecule has 0 spiro atoms. The van der Waals surface area contributed by atoms with Crippen molar-refractivity contribution in [2.24, 2.45) is 0 Å². The highest BCUT2D eigenvalue weighted by Gasteiger charge is 2.18. The van der Waals surface area contributed by atoms with Gasteiger partial charge in [0.1, 0.15) is 5.75 Å². The first-order valence-electron chi connectivity index (χ1n) is 7.04. The average Bonchev–Trinajstić information content (AvgIpc) is 2.83. The fourth-order valence-electron chi connectivity index (χ4n) is 2.16. The standard InChI is InChI=1S/C15H23NO3/c1-4-6-11(3)19-13-8-15-14(17-10-18-15)7-12(13)9-16-5-2/h7-8,11,16H,4-6,9-10H2,1-3H3. The van der Waals surface area contributed by atoms with Crippen LogP contribution in [0.1, 0.15) is 39.2 Å². The minimum Gasteiger partial charge on any atom is -0.490 e. The fraction of sp³-hybridized carbons (Fsp3) is 0.600. The highest BCUT2D eigenvalue weighted by atomic mass is 16.7. The molecular weight excluding hydrogens is 242 g/mol. The third-order valence-electron chi connectivity index (χ3n) is 3.14. The SMILES string of the molecule is CCCC(C)Oc1cc2c(cc1CNCC)OCO2. The highest BCUT2D eigenvalue weighted by molar-refractivity contribution is 5.51. The van der Waals surface area contributed by atoms with Crippen LogP contribution in [-0.2, 0) is 6.54 Å². The monoisotopic (exact) mass is 265 g/mol. The van der Waals surface area contributed by atoms with Crippen LogP contribution in [0.3, 0.4) is 0 Å². The van der Waals surface area contributed by atoms with Crippen molar-refractivity contribution in [3.8, 4) is 17.2 Å². The lowest BCUT2D eigenvalue weighted by molar-refractivity contribution is 0.173. The molecule has 106 valence electrons. The smallest absolute Gasteiger partial charge is 0.231 e. The van der Waals surface area contributed by atoms with Gasteiger partial charge in [0, 0.05) is 18.2 Å². The van der Waals surface area contributed by atoms with Crippen LogP contribution < -0.4 is 19.5 Å². The molecule has 1 N–H and O–H groups in total. The van der Waals surface area contributed by atoms with E-state index in [9.17, 15) is 0 Å². The number of rotatable bonds is 7. The topological polar surface area (TPSA) is 39.7 Å². The van der Waals surface area contributed by atoms with Crippen molar-refractivity contribution >= 4 is 0 Å². The average molecular weight is 265 g/mol. The van der Waals surface area contributed by atoms with Gasteiger partial charge in [-0.1, -0.05) is 20.3 Å². The van der Waals surface area contributed by atoms with Crippen molar-refractivity contribution in [1.82, 2.24) is 5.32 Å². The summed E-state index contributed by atoms with van der Waals surface area (Å²) in [6.07, 6.45) is 2.38. The Kier molecular flexibility index (Phi) is 4.91. The number of hydrogen-bond acceptors (Lipinski definition) is 4. The van der Waals surface area contributed by atoms with Crippen LogP contribution in [0.15, 0.2) is 12.1 Å². The van der Waals surface area contributed by atoms with Crippen molar-refractivity contribution < 1.29 is 14.2 Å². The van der Waals surface area contributed by atoms with Crippen LogP contribution in [-0.4, -0.2) is 19.4 Å². The molecule has 0 aliphatic carbocycles. The lowest BCUT2D eigenvalue weighted by Crippen LogP contribution is -2.16. The van der Waals surface area contributed by atoms with Crippen molar-refractivity contribution in [1.29, 1.82) is 0 Å². The number of ether oxygens (including phenoxy) is 3. The van der Waals surface area contributed by atoms with Gasteiger partial charge in [0.2, 0.25) is 6.79 Å². The van der Waals surface area contributed by atoms with Gasteiger partial charge in [-0.05, 0) is 26.0 Å². The van der Waals surface area contributed by atoms with Crippen LogP contribution in [0, 0.1) is 0 Å². The summed E-state index contributed by atoms with van der Waals surface area (Å²) in [5.74, 6) is 2.48. The Bertz CT molecular complexity index is 420. The molecule has 19 heavy (non-hydrogen) atoms. The Morgan fingerprint density at radius 3 is 2.68 bits per heavy atom. The summed E-state index contributed by atoms with van der Waals surface area (Å²) in [6, 6.07) is 3.96. The molecule has 0 saturated carbocycles. The first-order valence-corrected chi connectivity index (χ1v) is 7.04. The van der Waals surface area contributed by atoms with E-state index in [2.05, 4.69) is 26.1 Å². The maximum absolute atomic E-state index is 6.03. The first-order chi connectivity index (χ1) is 9.24. The van der Waals surface area contributed by atoms with E-state index in [1.165, 1.54) is 0 Å². The molecule has 1 aliphatic heterocycles. The molecule has 1 heterocycles. The lowest BCUT2D eigenvalue weighted by atomic mass is 10.1. The second-order valence-electron chi connectivity index (χ2n) is 4.81. The van der Waals surface area contributed by atoms with E-state index in [0.29, 0.717) is 6.79 Å². The summed E-state index contributed by atoms with van der Waals surface area (Å²) in [7, 11) is 0. The van der Waals surface area contributed by atoms with E-state index in [1.807, 2.05) is 12.1 Å². The Hall–Kier alpha value is -1.42. The number of nitrogens with one attached hydrogen (secondary N) is 1. The largest absolute Gasteiger partial charge is 0.490 e. The molecule has 4 nitrogen and oxygen atoms in total. The minimum absolute atomic E-state index is 0.214. The molecule has 0 bridgehead atoms. The molecule has 1 aliphatic rings. The molecule has 1 unspecified atom stereocenters. The van der Waals surface area contributed by atoms with Crippen LogP contribution in [0.25, 0.3) is 0 Å². The van der Waals surface area contributed by atoms with Gasteiger partial charge in [0.25, 0.3) is 0 Å². The zero-order valence-corrected chi connectivity index (χ0v) is 12.0. The molecule has 4 heteroatoms. The molecule has 1 atom stereocenters. The predicted molar refractivity (Wildman–Crippen MR) is 74.9 cm³/mol. The van der Waals surface area contributed by atoms with Crippen LogP contribution in [0.4, 0.5) is 0 Å². The molecule has 0 amide bonds. The summed E-state index contributed by atoms with van der Waals surface area (Å²) in [5, 5.41) is 3.33. The van der Waals surface area contributed by atoms with Gasteiger partial charge in [-0.3, -0.25) is 0 Å². The van der Waals surface area contributed by atoms with E-state index in [0.717, 1.165) is 48.7 Å². The first kappa shape index (κ1) is 14.0. The summed E-state index contributed by atoms with van der Waals surface area (Å²) >= 11 is 0. The molecule has 0 aromatic heterocycles. The summed E-state index contributed by atoms with van der Waals surface area (Å²) in [5.41, 5.74) is 1.12. The van der Waals surface area contributed by atoms with Crippen LogP contribution >= 0.6 is 0 Å². The Morgan fingerprint density at radius 2 is 2.00 bits per heavy atom. The van der Waals surface area contributed by atoms with E-state index < -0.39 is 0 Å². The van der Waals surface area contributed by atoms with Crippen LogP contribution in [0.2, 0.25) is 0 Å². The predicted octanol–water partition coefficient (Wildman–Crippen LogP) is 3.09. The Morgan fingerprint density at radius 1 is 1.26 bits per heavy atom. The van der Waals surface area contributed by atoms with E-state index in [4.69, 9.17) is 14.2 Å². The zero-order valence-electron chi connectivity index (χ0n) is 12.0. The molecule has 2 rings (SSSR count).